The molecule has 1 aromatic carbocycles. The van der Waals surface area contributed by atoms with Crippen LogP contribution in [0.5, 0.6) is 0 Å². The highest BCUT2D eigenvalue weighted by atomic mass is 19.1. The highest BCUT2D eigenvalue weighted by molar-refractivity contribution is 6.03. The third-order valence-corrected chi connectivity index (χ3v) is 2.52. The summed E-state index contributed by atoms with van der Waals surface area (Å²) in [4.78, 5) is 23.9. The minimum atomic E-state index is -0.723. The highest BCUT2D eigenvalue weighted by Crippen LogP contribution is 2.15. The lowest BCUT2D eigenvalue weighted by Gasteiger charge is -2.12. The molecule has 1 rings (SSSR count). The van der Waals surface area contributed by atoms with Crippen molar-refractivity contribution in [3.8, 4) is 0 Å². The van der Waals surface area contributed by atoms with Crippen LogP contribution in [0.15, 0.2) is 18.2 Å². The molecule has 0 aromatic heterocycles. The summed E-state index contributed by atoms with van der Waals surface area (Å²) in [5.41, 5.74) is -0.0878. The van der Waals surface area contributed by atoms with Crippen molar-refractivity contribution in [3.63, 3.8) is 0 Å². The molecule has 0 saturated heterocycles. The molecule has 0 heterocycles. The van der Waals surface area contributed by atoms with Crippen LogP contribution in [0.4, 0.5) is 4.39 Å². The predicted octanol–water partition coefficient (Wildman–Crippen LogP) is 3.45. The summed E-state index contributed by atoms with van der Waals surface area (Å²) >= 11 is 0. The van der Waals surface area contributed by atoms with Gasteiger partial charge in [0.1, 0.15) is 5.82 Å². The van der Waals surface area contributed by atoms with E-state index in [-0.39, 0.29) is 36.2 Å². The van der Waals surface area contributed by atoms with E-state index < -0.39 is 17.8 Å². The molecule has 116 valence electrons. The molecule has 0 unspecified atom stereocenters. The fourth-order valence-electron chi connectivity index (χ4n) is 1.50. The van der Waals surface area contributed by atoms with E-state index in [1.54, 1.807) is 0 Å². The highest BCUT2D eigenvalue weighted by Gasteiger charge is 2.21. The largest absolute Gasteiger partial charge is 0.462 e. The van der Waals surface area contributed by atoms with Crippen LogP contribution < -0.4 is 0 Å². The zero-order valence-corrected chi connectivity index (χ0v) is 12.8. The molecule has 0 saturated carbocycles. The van der Waals surface area contributed by atoms with Gasteiger partial charge in [-0.15, -0.1) is 0 Å². The molecule has 0 aliphatic heterocycles. The Morgan fingerprint density at radius 3 is 1.90 bits per heavy atom. The molecule has 0 spiro atoms. The van der Waals surface area contributed by atoms with E-state index in [1.807, 2.05) is 27.7 Å². The maximum absolute atomic E-state index is 13.3. The van der Waals surface area contributed by atoms with Gasteiger partial charge in [-0.1, -0.05) is 27.7 Å². The normalized spacial score (nSPS) is 10.8. The number of benzene rings is 1. The first-order valence-corrected chi connectivity index (χ1v) is 6.95. The van der Waals surface area contributed by atoms with Gasteiger partial charge < -0.3 is 9.47 Å². The Labute approximate surface area is 124 Å². The van der Waals surface area contributed by atoms with Gasteiger partial charge in [0.05, 0.1) is 24.3 Å². The van der Waals surface area contributed by atoms with Crippen LogP contribution in [0.3, 0.4) is 0 Å². The fourth-order valence-corrected chi connectivity index (χ4v) is 1.50. The number of hydrogen-bond donors (Lipinski definition) is 0. The predicted molar refractivity (Wildman–Crippen MR) is 76.6 cm³/mol. The number of rotatable bonds is 6. The Morgan fingerprint density at radius 2 is 1.43 bits per heavy atom. The number of hydrogen-bond acceptors (Lipinski definition) is 4. The van der Waals surface area contributed by atoms with Crippen molar-refractivity contribution < 1.29 is 23.5 Å². The van der Waals surface area contributed by atoms with Crippen molar-refractivity contribution in [2.45, 2.75) is 27.7 Å². The van der Waals surface area contributed by atoms with Crippen LogP contribution >= 0.6 is 0 Å². The molecule has 21 heavy (non-hydrogen) atoms. The maximum atomic E-state index is 13.3. The fraction of sp³-hybridized carbons (Fsp3) is 0.500. The molecule has 0 aliphatic carbocycles. The SMILES string of the molecule is CC(C)COC(=O)c1ccc(F)cc1C(=O)OCC(C)C. The van der Waals surface area contributed by atoms with E-state index in [0.29, 0.717) is 0 Å². The van der Waals surface area contributed by atoms with E-state index in [1.165, 1.54) is 6.07 Å². The summed E-state index contributed by atoms with van der Waals surface area (Å²) in [6, 6.07) is 3.35. The number of halogens is 1. The first-order chi connectivity index (χ1) is 9.81. The summed E-state index contributed by atoms with van der Waals surface area (Å²) in [5, 5.41) is 0. The van der Waals surface area contributed by atoms with E-state index in [9.17, 15) is 14.0 Å². The Kier molecular flexibility index (Phi) is 6.34. The topological polar surface area (TPSA) is 52.6 Å². The molecular weight excluding hydrogens is 275 g/mol. The number of esters is 2. The standard InChI is InChI=1S/C16H21FO4/c1-10(2)8-20-15(18)13-6-5-12(17)7-14(13)16(19)21-9-11(3)4/h5-7,10-11H,8-9H2,1-4H3. The van der Waals surface area contributed by atoms with Crippen LogP contribution in [0.25, 0.3) is 0 Å². The van der Waals surface area contributed by atoms with E-state index in [2.05, 4.69) is 0 Å². The summed E-state index contributed by atoms with van der Waals surface area (Å²) in [5.74, 6) is -1.66. The molecule has 1 aromatic rings. The summed E-state index contributed by atoms with van der Waals surface area (Å²) < 4.78 is 23.4. The number of carbonyl (C=O) groups is 2. The average molecular weight is 296 g/mol. The first kappa shape index (κ1) is 17.1. The van der Waals surface area contributed by atoms with Crippen LogP contribution in [0, 0.1) is 17.7 Å². The molecular formula is C16H21FO4. The van der Waals surface area contributed by atoms with Crippen molar-refractivity contribution in [2.75, 3.05) is 13.2 Å². The second kappa shape index (κ2) is 7.76. The van der Waals surface area contributed by atoms with E-state index in [4.69, 9.17) is 9.47 Å². The van der Waals surface area contributed by atoms with Crippen LogP contribution in [0.1, 0.15) is 48.4 Å². The summed E-state index contributed by atoms with van der Waals surface area (Å²) in [7, 11) is 0. The average Bonchev–Trinajstić information content (AvgIpc) is 2.41. The van der Waals surface area contributed by atoms with E-state index >= 15 is 0 Å². The van der Waals surface area contributed by atoms with Gasteiger partial charge >= 0.3 is 11.9 Å². The van der Waals surface area contributed by atoms with Crippen molar-refractivity contribution >= 4 is 11.9 Å². The lowest BCUT2D eigenvalue weighted by atomic mass is 10.1. The second-order valence-corrected chi connectivity index (χ2v) is 5.67. The van der Waals surface area contributed by atoms with Gasteiger partial charge in [-0.25, -0.2) is 14.0 Å². The van der Waals surface area contributed by atoms with Gasteiger partial charge in [0, 0.05) is 0 Å². The van der Waals surface area contributed by atoms with E-state index in [0.717, 1.165) is 12.1 Å². The van der Waals surface area contributed by atoms with Crippen molar-refractivity contribution in [1.29, 1.82) is 0 Å². The summed E-state index contributed by atoms with van der Waals surface area (Å²) in [6.45, 7) is 8.01. The molecule has 0 amide bonds. The van der Waals surface area contributed by atoms with Crippen LogP contribution in [-0.4, -0.2) is 25.2 Å². The number of ether oxygens (including phenoxy) is 2. The van der Waals surface area contributed by atoms with Crippen LogP contribution in [0.2, 0.25) is 0 Å². The van der Waals surface area contributed by atoms with Gasteiger partial charge in [0.2, 0.25) is 0 Å². The lowest BCUT2D eigenvalue weighted by Crippen LogP contribution is -2.17. The third kappa shape index (κ3) is 5.53. The van der Waals surface area contributed by atoms with Crippen molar-refractivity contribution in [3.05, 3.63) is 35.1 Å². The van der Waals surface area contributed by atoms with Crippen LogP contribution in [-0.2, 0) is 9.47 Å². The molecule has 5 heteroatoms. The molecule has 0 aliphatic rings. The molecule has 0 bridgehead atoms. The smallest absolute Gasteiger partial charge is 0.339 e. The lowest BCUT2D eigenvalue weighted by molar-refractivity contribution is 0.0412. The first-order valence-electron chi connectivity index (χ1n) is 6.95. The monoisotopic (exact) mass is 296 g/mol. The Bertz CT molecular complexity index is 509. The van der Waals surface area contributed by atoms with Gasteiger partial charge in [0.15, 0.2) is 0 Å². The quantitative estimate of drug-likeness (QED) is 0.754. The zero-order valence-electron chi connectivity index (χ0n) is 12.8. The zero-order chi connectivity index (χ0) is 16.0. The van der Waals surface area contributed by atoms with Crippen molar-refractivity contribution in [2.24, 2.45) is 11.8 Å². The van der Waals surface area contributed by atoms with Crippen molar-refractivity contribution in [1.82, 2.24) is 0 Å². The molecule has 0 fully saturated rings. The number of carbonyl (C=O) groups excluding carboxylic acids is 2. The summed E-state index contributed by atoms with van der Waals surface area (Å²) in [6.07, 6.45) is 0. The molecule has 4 nitrogen and oxygen atoms in total. The second-order valence-electron chi connectivity index (χ2n) is 5.67. The van der Waals surface area contributed by atoms with Gasteiger partial charge in [-0.3, -0.25) is 0 Å². The van der Waals surface area contributed by atoms with Gasteiger partial charge in [-0.05, 0) is 30.0 Å². The van der Waals surface area contributed by atoms with Gasteiger partial charge in [0.25, 0.3) is 0 Å². The third-order valence-electron chi connectivity index (χ3n) is 2.52. The Balaban J connectivity index is 2.93. The molecule has 0 radical (unpaired) electrons. The Hall–Kier alpha value is -1.91. The molecule has 0 N–H and O–H groups in total. The maximum Gasteiger partial charge on any atom is 0.339 e. The van der Waals surface area contributed by atoms with Gasteiger partial charge in [-0.2, -0.15) is 0 Å². The Morgan fingerprint density at radius 1 is 0.952 bits per heavy atom. The minimum Gasteiger partial charge on any atom is -0.462 e. The minimum absolute atomic E-state index is 0.0193. The molecule has 0 atom stereocenters.